The first-order chi connectivity index (χ1) is 11.0. The van der Waals surface area contributed by atoms with Crippen LogP contribution in [0, 0.1) is 0 Å². The largest absolute Gasteiger partial charge is 0.493 e. The summed E-state index contributed by atoms with van der Waals surface area (Å²) < 4.78 is 12.1. The number of benzene rings is 1. The number of carboxylic acid groups (broad SMARTS) is 1. The van der Waals surface area contributed by atoms with Crippen molar-refractivity contribution in [2.24, 2.45) is 7.05 Å². The van der Waals surface area contributed by atoms with Gasteiger partial charge in [-0.2, -0.15) is 5.10 Å². The number of methoxy groups -OCH3 is 1. The van der Waals surface area contributed by atoms with Gasteiger partial charge in [-0.3, -0.25) is 4.68 Å². The second-order valence-electron chi connectivity index (χ2n) is 5.01. The lowest BCUT2D eigenvalue weighted by Gasteiger charge is -2.14. The van der Waals surface area contributed by atoms with E-state index in [-0.39, 0.29) is 6.04 Å². The number of ether oxygens (including phenoxy) is 2. The van der Waals surface area contributed by atoms with Gasteiger partial charge in [0.2, 0.25) is 0 Å². The maximum Gasteiger partial charge on any atom is 0.341 e. The van der Waals surface area contributed by atoms with Gasteiger partial charge in [0.1, 0.15) is 12.2 Å². The highest BCUT2D eigenvalue weighted by Gasteiger charge is 2.12. The molecule has 0 bridgehead atoms. The molecule has 2 rings (SSSR count). The van der Waals surface area contributed by atoms with Gasteiger partial charge in [0.15, 0.2) is 18.1 Å². The van der Waals surface area contributed by atoms with Crippen LogP contribution in [-0.2, 0) is 18.4 Å². The molecule has 0 saturated carbocycles. The molecule has 23 heavy (non-hydrogen) atoms. The van der Waals surface area contributed by atoms with Crippen molar-refractivity contribution in [2.45, 2.75) is 19.5 Å². The number of aryl methyl sites for hydroxylation is 1. The van der Waals surface area contributed by atoms with E-state index in [2.05, 4.69) is 15.4 Å². The van der Waals surface area contributed by atoms with Crippen LogP contribution in [0.2, 0.25) is 0 Å². The van der Waals surface area contributed by atoms with E-state index < -0.39 is 12.6 Å². The van der Waals surface area contributed by atoms with E-state index in [9.17, 15) is 4.79 Å². The minimum absolute atomic E-state index is 0.0384. The van der Waals surface area contributed by atoms with Crippen molar-refractivity contribution in [3.63, 3.8) is 0 Å². The van der Waals surface area contributed by atoms with Gasteiger partial charge < -0.3 is 19.9 Å². The molecule has 8 heteroatoms. The third kappa shape index (κ3) is 4.43. The van der Waals surface area contributed by atoms with Crippen LogP contribution in [0.4, 0.5) is 0 Å². The van der Waals surface area contributed by atoms with Gasteiger partial charge in [0, 0.05) is 13.6 Å². The Bertz CT molecular complexity index is 671. The van der Waals surface area contributed by atoms with E-state index in [1.165, 1.54) is 13.4 Å². The molecule has 0 radical (unpaired) electrons. The number of carboxylic acids is 1. The summed E-state index contributed by atoms with van der Waals surface area (Å²) in [5, 5.41) is 16.1. The van der Waals surface area contributed by atoms with Crippen LogP contribution in [0.5, 0.6) is 11.5 Å². The predicted molar refractivity (Wildman–Crippen MR) is 82.4 cm³/mol. The first-order valence-corrected chi connectivity index (χ1v) is 7.10. The molecule has 1 heterocycles. The summed E-state index contributed by atoms with van der Waals surface area (Å²) in [4.78, 5) is 14.8. The molecule has 0 fully saturated rings. The molecule has 0 spiro atoms. The molecule has 0 amide bonds. The Labute approximate surface area is 134 Å². The number of hydrogen-bond acceptors (Lipinski definition) is 6. The van der Waals surface area contributed by atoms with Gasteiger partial charge in [-0.05, 0) is 24.6 Å². The molecule has 0 aliphatic heterocycles. The van der Waals surface area contributed by atoms with Gasteiger partial charge in [-0.25, -0.2) is 9.78 Å². The van der Waals surface area contributed by atoms with E-state index in [0.717, 1.165) is 11.4 Å². The maximum atomic E-state index is 10.6. The third-order valence-electron chi connectivity index (χ3n) is 3.33. The summed E-state index contributed by atoms with van der Waals surface area (Å²) in [6.45, 7) is 2.20. The molecule has 1 unspecified atom stereocenters. The molecule has 1 atom stereocenters. The lowest BCUT2D eigenvalue weighted by atomic mass is 10.2. The average Bonchev–Trinajstić information content (AvgIpc) is 2.97. The highest BCUT2D eigenvalue weighted by molar-refractivity contribution is 5.68. The zero-order valence-electron chi connectivity index (χ0n) is 13.3. The Morgan fingerprint density at radius 3 is 2.83 bits per heavy atom. The van der Waals surface area contributed by atoms with Crippen molar-refractivity contribution in [3.05, 3.63) is 35.9 Å². The predicted octanol–water partition coefficient (Wildman–Crippen LogP) is 1.14. The van der Waals surface area contributed by atoms with E-state index in [0.29, 0.717) is 18.0 Å². The van der Waals surface area contributed by atoms with Crippen LogP contribution in [0.3, 0.4) is 0 Å². The highest BCUT2D eigenvalue weighted by atomic mass is 16.5. The van der Waals surface area contributed by atoms with Crippen molar-refractivity contribution >= 4 is 5.97 Å². The molecule has 124 valence electrons. The van der Waals surface area contributed by atoms with Gasteiger partial charge in [0.25, 0.3) is 0 Å². The van der Waals surface area contributed by atoms with Crippen LogP contribution in [-0.4, -0.2) is 39.6 Å². The van der Waals surface area contributed by atoms with Gasteiger partial charge in [-0.1, -0.05) is 6.07 Å². The number of aliphatic carboxylic acids is 1. The number of nitrogens with one attached hydrogen (secondary N) is 1. The molecule has 0 saturated heterocycles. The molecule has 8 nitrogen and oxygen atoms in total. The molecule has 0 aliphatic rings. The minimum Gasteiger partial charge on any atom is -0.493 e. The lowest BCUT2D eigenvalue weighted by Crippen LogP contribution is -2.21. The maximum absolute atomic E-state index is 10.6. The second-order valence-corrected chi connectivity index (χ2v) is 5.01. The van der Waals surface area contributed by atoms with Crippen LogP contribution < -0.4 is 14.8 Å². The van der Waals surface area contributed by atoms with E-state index in [1.807, 2.05) is 26.1 Å². The highest BCUT2D eigenvalue weighted by Crippen LogP contribution is 2.28. The summed E-state index contributed by atoms with van der Waals surface area (Å²) in [6, 6.07) is 5.41. The Morgan fingerprint density at radius 1 is 1.43 bits per heavy atom. The summed E-state index contributed by atoms with van der Waals surface area (Å²) in [5.74, 6) is 0.713. The van der Waals surface area contributed by atoms with E-state index in [1.54, 1.807) is 10.7 Å². The average molecular weight is 320 g/mol. The Balaban J connectivity index is 2.00. The van der Waals surface area contributed by atoms with Crippen LogP contribution in [0.15, 0.2) is 24.5 Å². The molecule has 1 aromatic carbocycles. The standard InChI is InChI=1S/C15H20N4O4/c1-10(15-17-9-18-19(15)2)16-7-11-4-5-12(13(6-11)22-3)23-8-14(20)21/h4-6,9-10,16H,7-8H2,1-3H3,(H,20,21). The Kier molecular flexibility index (Phi) is 5.53. The van der Waals surface area contributed by atoms with Gasteiger partial charge in [-0.15, -0.1) is 0 Å². The normalized spacial score (nSPS) is 12.0. The fourth-order valence-corrected chi connectivity index (χ4v) is 2.14. The van der Waals surface area contributed by atoms with Crippen LogP contribution >= 0.6 is 0 Å². The van der Waals surface area contributed by atoms with Crippen LogP contribution in [0.1, 0.15) is 24.4 Å². The summed E-state index contributed by atoms with van der Waals surface area (Å²) in [6.07, 6.45) is 1.52. The molecular formula is C15H20N4O4. The third-order valence-corrected chi connectivity index (χ3v) is 3.33. The Hall–Kier alpha value is -2.61. The monoisotopic (exact) mass is 320 g/mol. The number of rotatable bonds is 8. The van der Waals surface area contributed by atoms with Crippen molar-refractivity contribution in [2.75, 3.05) is 13.7 Å². The number of aromatic nitrogens is 3. The summed E-state index contributed by atoms with van der Waals surface area (Å²) in [7, 11) is 3.36. The zero-order valence-corrected chi connectivity index (χ0v) is 13.3. The van der Waals surface area contributed by atoms with E-state index in [4.69, 9.17) is 14.6 Å². The van der Waals surface area contributed by atoms with Crippen molar-refractivity contribution in [3.8, 4) is 11.5 Å². The number of nitrogens with zero attached hydrogens (tertiary/aromatic N) is 3. The molecular weight excluding hydrogens is 300 g/mol. The quantitative estimate of drug-likeness (QED) is 0.752. The molecule has 1 aromatic heterocycles. The summed E-state index contributed by atoms with van der Waals surface area (Å²) in [5.41, 5.74) is 0.985. The van der Waals surface area contributed by atoms with E-state index >= 15 is 0 Å². The lowest BCUT2D eigenvalue weighted by molar-refractivity contribution is -0.139. The first kappa shape index (κ1) is 16.8. The number of hydrogen-bond donors (Lipinski definition) is 2. The van der Waals surface area contributed by atoms with Gasteiger partial charge in [0.05, 0.1) is 13.2 Å². The SMILES string of the molecule is COc1cc(CNC(C)c2ncnn2C)ccc1OCC(=O)O. The molecule has 0 aliphatic carbocycles. The first-order valence-electron chi connectivity index (χ1n) is 7.10. The Morgan fingerprint density at radius 2 is 2.22 bits per heavy atom. The fraction of sp³-hybridized carbons (Fsp3) is 0.400. The summed E-state index contributed by atoms with van der Waals surface area (Å²) >= 11 is 0. The number of carbonyl (C=O) groups is 1. The van der Waals surface area contributed by atoms with Crippen molar-refractivity contribution < 1.29 is 19.4 Å². The van der Waals surface area contributed by atoms with Crippen LogP contribution in [0.25, 0.3) is 0 Å². The molecule has 2 N–H and O–H groups in total. The fourth-order valence-electron chi connectivity index (χ4n) is 2.14. The van der Waals surface area contributed by atoms with Crippen molar-refractivity contribution in [1.82, 2.24) is 20.1 Å². The minimum atomic E-state index is -1.03. The van der Waals surface area contributed by atoms with Gasteiger partial charge >= 0.3 is 5.97 Å². The molecule has 2 aromatic rings. The zero-order chi connectivity index (χ0) is 16.8. The second kappa shape index (κ2) is 7.59. The van der Waals surface area contributed by atoms with Crippen molar-refractivity contribution in [1.29, 1.82) is 0 Å². The topological polar surface area (TPSA) is 98.5 Å². The smallest absolute Gasteiger partial charge is 0.341 e.